The first kappa shape index (κ1) is 13.6. The van der Waals surface area contributed by atoms with Crippen LogP contribution in [0.4, 0.5) is 0 Å². The van der Waals surface area contributed by atoms with Gasteiger partial charge in [-0.05, 0) is 42.2 Å². The second-order valence-electron chi connectivity index (χ2n) is 5.25. The van der Waals surface area contributed by atoms with Gasteiger partial charge in [-0.2, -0.15) is 0 Å². The molecule has 0 amide bonds. The van der Waals surface area contributed by atoms with Crippen LogP contribution in [-0.2, 0) is 0 Å². The molecule has 0 aromatic heterocycles. The van der Waals surface area contributed by atoms with Crippen molar-refractivity contribution in [3.63, 3.8) is 0 Å². The lowest BCUT2D eigenvalue weighted by atomic mass is 9.73. The molecule has 1 aromatic rings. The van der Waals surface area contributed by atoms with Crippen LogP contribution in [0.3, 0.4) is 0 Å². The summed E-state index contributed by atoms with van der Waals surface area (Å²) in [5.74, 6) is 0. The van der Waals surface area contributed by atoms with Crippen LogP contribution < -0.4 is 0 Å². The van der Waals surface area contributed by atoms with Crippen LogP contribution in [0, 0.1) is 5.41 Å². The predicted molar refractivity (Wildman–Crippen MR) is 84.9 cm³/mol. The van der Waals surface area contributed by atoms with Gasteiger partial charge < -0.3 is 0 Å². The number of rotatable bonds is 6. The first-order chi connectivity index (χ1) is 9.29. The first-order valence-corrected chi connectivity index (χ1v) is 6.96. The van der Waals surface area contributed by atoms with Gasteiger partial charge in [0.2, 0.25) is 0 Å². The number of hydrogen-bond donors (Lipinski definition) is 0. The van der Waals surface area contributed by atoms with Gasteiger partial charge in [-0.3, -0.25) is 0 Å². The lowest BCUT2D eigenvalue weighted by Crippen LogP contribution is -2.18. The zero-order chi connectivity index (χ0) is 13.6. The van der Waals surface area contributed by atoms with Crippen molar-refractivity contribution in [1.82, 2.24) is 0 Å². The highest BCUT2D eigenvalue weighted by Gasteiger charge is 2.26. The maximum Gasteiger partial charge on any atom is -0.00428 e. The summed E-state index contributed by atoms with van der Waals surface area (Å²) in [5, 5.41) is 0. The standard InChI is InChI=1S/C19H22/c1-3-5-14-19(13-4-2)15-11-18(12-16-19)17-9-7-6-8-10-17/h3-4,6-12,15H,1-2,5,13-14,16H2. The molecule has 2 rings (SSSR count). The minimum atomic E-state index is 0.244. The van der Waals surface area contributed by atoms with E-state index < -0.39 is 0 Å². The highest BCUT2D eigenvalue weighted by Crippen LogP contribution is 2.40. The fourth-order valence-corrected chi connectivity index (χ4v) is 2.68. The first-order valence-electron chi connectivity index (χ1n) is 6.96. The molecule has 98 valence electrons. The summed E-state index contributed by atoms with van der Waals surface area (Å²) in [6, 6.07) is 10.6. The van der Waals surface area contributed by atoms with E-state index in [1.807, 2.05) is 12.2 Å². The molecule has 0 nitrogen and oxygen atoms in total. The molecule has 1 aromatic carbocycles. The minimum Gasteiger partial charge on any atom is -0.103 e. The molecule has 19 heavy (non-hydrogen) atoms. The van der Waals surface area contributed by atoms with Gasteiger partial charge in [0.1, 0.15) is 0 Å². The third-order valence-corrected chi connectivity index (χ3v) is 3.85. The van der Waals surface area contributed by atoms with Crippen LogP contribution in [0.15, 0.2) is 73.9 Å². The average Bonchev–Trinajstić information content (AvgIpc) is 2.47. The Morgan fingerprint density at radius 1 is 1.11 bits per heavy atom. The second kappa shape index (κ2) is 6.38. The molecule has 0 N–H and O–H groups in total. The molecule has 0 radical (unpaired) electrons. The highest BCUT2D eigenvalue weighted by molar-refractivity contribution is 5.75. The maximum absolute atomic E-state index is 3.90. The van der Waals surface area contributed by atoms with Crippen LogP contribution >= 0.6 is 0 Å². The van der Waals surface area contributed by atoms with E-state index in [1.54, 1.807) is 0 Å². The summed E-state index contributed by atoms with van der Waals surface area (Å²) in [6.07, 6.45) is 15.4. The predicted octanol–water partition coefficient (Wildman–Crippen LogP) is 5.56. The van der Waals surface area contributed by atoms with Crippen LogP contribution in [0.25, 0.3) is 5.57 Å². The quantitative estimate of drug-likeness (QED) is 0.580. The van der Waals surface area contributed by atoms with Crippen molar-refractivity contribution in [3.05, 3.63) is 79.4 Å². The topological polar surface area (TPSA) is 0 Å². The molecule has 0 heterocycles. The minimum absolute atomic E-state index is 0.244. The molecule has 0 bridgehead atoms. The molecule has 0 fully saturated rings. The largest absolute Gasteiger partial charge is 0.103 e. The summed E-state index contributed by atoms with van der Waals surface area (Å²) in [5.41, 5.74) is 2.88. The Morgan fingerprint density at radius 2 is 1.89 bits per heavy atom. The van der Waals surface area contributed by atoms with Gasteiger partial charge in [0, 0.05) is 0 Å². The van der Waals surface area contributed by atoms with Gasteiger partial charge in [-0.1, -0.05) is 60.7 Å². The fraction of sp³-hybridized carbons (Fsp3) is 0.263. The van der Waals surface area contributed by atoms with E-state index in [9.17, 15) is 0 Å². The van der Waals surface area contributed by atoms with E-state index >= 15 is 0 Å². The zero-order valence-corrected chi connectivity index (χ0v) is 11.5. The Bertz CT molecular complexity index is 490. The van der Waals surface area contributed by atoms with E-state index in [0.29, 0.717) is 0 Å². The van der Waals surface area contributed by atoms with Crippen molar-refractivity contribution < 1.29 is 0 Å². The van der Waals surface area contributed by atoms with Crippen molar-refractivity contribution in [2.24, 2.45) is 5.41 Å². The third kappa shape index (κ3) is 3.35. The van der Waals surface area contributed by atoms with Gasteiger partial charge in [0.25, 0.3) is 0 Å². The summed E-state index contributed by atoms with van der Waals surface area (Å²) < 4.78 is 0. The third-order valence-electron chi connectivity index (χ3n) is 3.85. The molecule has 1 aliphatic rings. The molecule has 0 spiro atoms. The van der Waals surface area contributed by atoms with Crippen molar-refractivity contribution >= 4 is 5.57 Å². The van der Waals surface area contributed by atoms with Gasteiger partial charge in [0.05, 0.1) is 0 Å². The monoisotopic (exact) mass is 250 g/mol. The smallest absolute Gasteiger partial charge is 0.00428 e. The van der Waals surface area contributed by atoms with Crippen molar-refractivity contribution in [2.45, 2.75) is 25.7 Å². The number of allylic oxidation sites excluding steroid dienone is 6. The van der Waals surface area contributed by atoms with Crippen LogP contribution in [0.1, 0.15) is 31.2 Å². The lowest BCUT2D eigenvalue weighted by molar-refractivity contribution is 0.360. The van der Waals surface area contributed by atoms with E-state index in [4.69, 9.17) is 0 Å². The SMILES string of the molecule is C=CCCC1(CC=C)C=CC(c2ccccc2)=CC1. The summed E-state index contributed by atoms with van der Waals surface area (Å²) in [4.78, 5) is 0. The van der Waals surface area contributed by atoms with Crippen molar-refractivity contribution in [1.29, 1.82) is 0 Å². The van der Waals surface area contributed by atoms with E-state index in [0.717, 1.165) is 25.7 Å². The van der Waals surface area contributed by atoms with Crippen molar-refractivity contribution in [3.8, 4) is 0 Å². The second-order valence-corrected chi connectivity index (χ2v) is 5.25. The average molecular weight is 250 g/mol. The molecular formula is C19H22. The molecule has 1 atom stereocenters. The van der Waals surface area contributed by atoms with Gasteiger partial charge >= 0.3 is 0 Å². The lowest BCUT2D eigenvalue weighted by Gasteiger charge is -2.31. The van der Waals surface area contributed by atoms with Crippen LogP contribution in [0.5, 0.6) is 0 Å². The summed E-state index contributed by atoms with van der Waals surface area (Å²) in [6.45, 7) is 7.74. The fourth-order valence-electron chi connectivity index (χ4n) is 2.68. The van der Waals surface area contributed by atoms with Gasteiger partial charge in [0.15, 0.2) is 0 Å². The Kier molecular flexibility index (Phi) is 4.57. The van der Waals surface area contributed by atoms with Crippen molar-refractivity contribution in [2.75, 3.05) is 0 Å². The van der Waals surface area contributed by atoms with Crippen LogP contribution in [-0.4, -0.2) is 0 Å². The maximum atomic E-state index is 3.90. The Labute approximate surface area is 116 Å². The molecule has 0 aliphatic heterocycles. The Hall–Kier alpha value is -1.82. The Balaban J connectivity index is 2.15. The zero-order valence-electron chi connectivity index (χ0n) is 11.5. The normalized spacial score (nSPS) is 21.8. The van der Waals surface area contributed by atoms with Gasteiger partial charge in [-0.15, -0.1) is 13.2 Å². The van der Waals surface area contributed by atoms with Crippen LogP contribution in [0.2, 0.25) is 0 Å². The molecule has 0 saturated carbocycles. The van der Waals surface area contributed by atoms with E-state index in [-0.39, 0.29) is 5.41 Å². The molecular weight excluding hydrogens is 228 g/mol. The summed E-state index contributed by atoms with van der Waals surface area (Å²) >= 11 is 0. The Morgan fingerprint density at radius 3 is 2.47 bits per heavy atom. The number of benzene rings is 1. The molecule has 0 heteroatoms. The summed E-state index contributed by atoms with van der Waals surface area (Å²) in [7, 11) is 0. The highest BCUT2D eigenvalue weighted by atomic mass is 14.3. The van der Waals surface area contributed by atoms with Gasteiger partial charge in [-0.25, -0.2) is 0 Å². The molecule has 0 saturated heterocycles. The number of hydrogen-bond acceptors (Lipinski definition) is 0. The molecule has 1 aliphatic carbocycles. The van der Waals surface area contributed by atoms with E-state index in [1.165, 1.54) is 11.1 Å². The molecule has 1 unspecified atom stereocenters. The van der Waals surface area contributed by atoms with E-state index in [2.05, 4.69) is 61.7 Å².